The Kier molecular flexibility index (Phi) is 3.87. The zero-order valence-electron chi connectivity index (χ0n) is 14.1. The van der Waals surface area contributed by atoms with E-state index in [1.54, 1.807) is 6.07 Å². The smallest absolute Gasteiger partial charge is 0.394 e. The number of rotatable bonds is 0. The average molecular weight is 383 g/mol. The first-order chi connectivity index (χ1) is 12.1. The highest BCUT2D eigenvalue weighted by Gasteiger charge is 2.64. The number of phenolic OH excluding ortho intramolecular Hbond substituents is 1. The van der Waals surface area contributed by atoms with Crippen molar-refractivity contribution in [1.29, 1.82) is 0 Å². The van der Waals surface area contributed by atoms with Crippen LogP contribution in [0.5, 0.6) is 11.5 Å². The minimum atomic E-state index is -4.67. The molecular formula is C17H21NO7S. The topological polar surface area (TPSA) is 128 Å². The van der Waals surface area contributed by atoms with Crippen LogP contribution in [0.4, 0.5) is 0 Å². The van der Waals surface area contributed by atoms with Gasteiger partial charge in [0.2, 0.25) is 0 Å². The summed E-state index contributed by atoms with van der Waals surface area (Å²) < 4.78 is 37.7. The number of likely N-dealkylation sites (tertiary alicyclic amines) is 1. The number of aromatic hydroxyl groups is 1. The Morgan fingerprint density at radius 3 is 2.65 bits per heavy atom. The van der Waals surface area contributed by atoms with E-state index in [1.807, 2.05) is 12.1 Å². The van der Waals surface area contributed by atoms with Crippen molar-refractivity contribution in [2.45, 2.75) is 36.5 Å². The fourth-order valence-corrected chi connectivity index (χ4v) is 5.24. The van der Waals surface area contributed by atoms with Crippen LogP contribution in [0.2, 0.25) is 0 Å². The lowest BCUT2D eigenvalue weighted by Crippen LogP contribution is -2.64. The quantitative estimate of drug-likeness (QED) is 0.378. The number of benzene rings is 1. The molecule has 9 heteroatoms. The van der Waals surface area contributed by atoms with Gasteiger partial charge in [0.25, 0.3) is 0 Å². The molecule has 0 aromatic heterocycles. The summed E-state index contributed by atoms with van der Waals surface area (Å²) in [4.78, 5) is 2.43. The molecule has 2 unspecified atom stereocenters. The number of ether oxygens (including phenoxy) is 1. The number of aliphatic hydroxyl groups is 1. The Labute approximate surface area is 151 Å². The van der Waals surface area contributed by atoms with Crippen LogP contribution < -0.4 is 4.74 Å². The van der Waals surface area contributed by atoms with Crippen LogP contribution in [-0.2, 0) is 22.2 Å². The van der Waals surface area contributed by atoms with Gasteiger partial charge in [-0.1, -0.05) is 18.2 Å². The van der Waals surface area contributed by atoms with E-state index < -0.39 is 16.5 Å². The van der Waals surface area contributed by atoms with Crippen molar-refractivity contribution in [3.05, 3.63) is 35.4 Å². The van der Waals surface area contributed by atoms with Crippen molar-refractivity contribution in [2.75, 3.05) is 13.6 Å². The lowest BCUT2D eigenvalue weighted by Gasteiger charge is -2.56. The molecule has 2 bridgehead atoms. The summed E-state index contributed by atoms with van der Waals surface area (Å²) in [6, 6.07) is 4.23. The number of hydrogen-bond acceptors (Lipinski definition) is 6. The minimum Gasteiger partial charge on any atom is -0.504 e. The summed E-state index contributed by atoms with van der Waals surface area (Å²) >= 11 is 0. The Balaban J connectivity index is 0.000000301. The lowest BCUT2D eigenvalue weighted by atomic mass is 9.53. The summed E-state index contributed by atoms with van der Waals surface area (Å²) in [5.74, 6) is 1.19. The van der Waals surface area contributed by atoms with E-state index >= 15 is 0 Å². The first kappa shape index (κ1) is 17.7. The predicted octanol–water partition coefficient (Wildman–Crippen LogP) is 0.545. The van der Waals surface area contributed by atoms with Gasteiger partial charge < -0.3 is 19.8 Å². The maximum atomic E-state index is 10.4. The van der Waals surface area contributed by atoms with Crippen LogP contribution in [-0.4, -0.2) is 64.5 Å². The third-order valence-electron chi connectivity index (χ3n) is 6.15. The highest BCUT2D eigenvalue weighted by molar-refractivity contribution is 7.79. The molecule has 0 radical (unpaired) electrons. The first-order valence-electron chi connectivity index (χ1n) is 8.41. The van der Waals surface area contributed by atoms with E-state index in [1.165, 1.54) is 11.1 Å². The molecule has 1 aromatic rings. The summed E-state index contributed by atoms with van der Waals surface area (Å²) in [6.45, 7) is 1.01. The van der Waals surface area contributed by atoms with Gasteiger partial charge >= 0.3 is 10.4 Å². The summed E-state index contributed by atoms with van der Waals surface area (Å²) in [5.41, 5.74) is 2.29. The normalized spacial score (nSPS) is 36.6. The Bertz CT molecular complexity index is 875. The zero-order chi connectivity index (χ0) is 18.9. The molecule has 4 aliphatic rings. The third kappa shape index (κ3) is 2.46. The number of hydrogen-bond donors (Lipinski definition) is 4. The predicted molar refractivity (Wildman–Crippen MR) is 91.8 cm³/mol. The second kappa shape index (κ2) is 5.67. The second-order valence-corrected chi connectivity index (χ2v) is 8.27. The fourth-order valence-electron chi connectivity index (χ4n) is 5.24. The minimum absolute atomic E-state index is 0.160. The van der Waals surface area contributed by atoms with E-state index in [9.17, 15) is 10.2 Å². The van der Waals surface area contributed by atoms with Gasteiger partial charge in [-0.2, -0.15) is 8.42 Å². The number of piperidine rings is 1. The van der Waals surface area contributed by atoms with Crippen molar-refractivity contribution >= 4 is 10.4 Å². The average Bonchev–Trinajstić information content (AvgIpc) is 2.89. The number of likely N-dealkylation sites (N-methyl/N-ethyl adjacent to an activating group) is 1. The van der Waals surface area contributed by atoms with E-state index in [0.29, 0.717) is 17.7 Å². The van der Waals surface area contributed by atoms with Gasteiger partial charge in [-0.25, -0.2) is 0 Å². The SMILES string of the molecule is CN1CC[C@]23c4c5ccc(O)c4OC2C(O)C=C[C@H]3[C@H]1C5.O=S(=O)(O)O. The molecule has 4 N–H and O–H groups in total. The van der Waals surface area contributed by atoms with Crippen molar-refractivity contribution in [1.82, 2.24) is 4.90 Å². The van der Waals surface area contributed by atoms with E-state index in [0.717, 1.165) is 19.4 Å². The Morgan fingerprint density at radius 1 is 1.27 bits per heavy atom. The number of nitrogens with zero attached hydrogens (tertiary/aromatic N) is 1. The maximum Gasteiger partial charge on any atom is 0.394 e. The van der Waals surface area contributed by atoms with Gasteiger partial charge in [-0.15, -0.1) is 0 Å². The van der Waals surface area contributed by atoms with Crippen molar-refractivity contribution in [2.24, 2.45) is 5.92 Å². The van der Waals surface area contributed by atoms with Gasteiger partial charge in [-0.3, -0.25) is 9.11 Å². The molecule has 26 heavy (non-hydrogen) atoms. The van der Waals surface area contributed by atoms with Gasteiger partial charge in [0.05, 0.1) is 0 Å². The van der Waals surface area contributed by atoms with E-state index in [4.69, 9.17) is 22.3 Å². The molecule has 142 valence electrons. The summed E-state index contributed by atoms with van der Waals surface area (Å²) in [6.07, 6.45) is 5.18. The van der Waals surface area contributed by atoms with Crippen LogP contribution >= 0.6 is 0 Å². The highest BCUT2D eigenvalue weighted by Crippen LogP contribution is 2.62. The van der Waals surface area contributed by atoms with Crippen LogP contribution in [0, 0.1) is 5.92 Å². The lowest BCUT2D eigenvalue weighted by molar-refractivity contribution is -0.0453. The fraction of sp³-hybridized carbons (Fsp3) is 0.529. The molecule has 8 nitrogen and oxygen atoms in total. The standard InChI is InChI=1S/C17H19NO3.H2O4S/c1-18-7-6-17-10-3-5-13(20)16(17)21-15-12(19)4-2-9(14(15)17)8-11(10)18;1-5(2,3)4/h2-5,10-11,13,16,19-20H,6-8H2,1H3;(H2,1,2,3,4)/t10-,11+,13?,16?,17-;/m0./s1. The molecule has 2 heterocycles. The second-order valence-electron chi connectivity index (χ2n) is 7.38. The zero-order valence-corrected chi connectivity index (χ0v) is 14.9. The molecule has 2 aliphatic carbocycles. The third-order valence-corrected chi connectivity index (χ3v) is 6.15. The highest BCUT2D eigenvalue weighted by atomic mass is 32.3. The van der Waals surface area contributed by atoms with Crippen molar-refractivity contribution in [3.63, 3.8) is 0 Å². The summed E-state index contributed by atoms with van der Waals surface area (Å²) in [7, 11) is -2.48. The van der Waals surface area contributed by atoms with E-state index in [-0.39, 0.29) is 17.3 Å². The molecule has 5 atom stereocenters. The molecule has 1 aromatic carbocycles. The van der Waals surface area contributed by atoms with Gasteiger partial charge in [0, 0.05) is 22.9 Å². The molecular weight excluding hydrogens is 362 g/mol. The van der Waals surface area contributed by atoms with Crippen LogP contribution in [0.1, 0.15) is 17.5 Å². The van der Waals surface area contributed by atoms with Crippen LogP contribution in [0.15, 0.2) is 24.3 Å². The Hall–Kier alpha value is -1.65. The number of aliphatic hydroxyl groups excluding tert-OH is 1. The van der Waals surface area contributed by atoms with Gasteiger partial charge in [-0.05, 0) is 38.1 Å². The molecule has 1 fully saturated rings. The molecule has 2 aliphatic heterocycles. The molecule has 0 saturated carbocycles. The van der Waals surface area contributed by atoms with Gasteiger partial charge in [0.15, 0.2) is 11.5 Å². The van der Waals surface area contributed by atoms with E-state index in [2.05, 4.69) is 18.0 Å². The Morgan fingerprint density at radius 2 is 1.96 bits per heavy atom. The molecule has 0 amide bonds. The molecule has 5 rings (SSSR count). The van der Waals surface area contributed by atoms with Crippen molar-refractivity contribution in [3.8, 4) is 11.5 Å². The number of phenols is 1. The summed E-state index contributed by atoms with van der Waals surface area (Å²) in [5, 5.41) is 20.6. The maximum absolute atomic E-state index is 10.4. The molecule has 1 spiro atoms. The van der Waals surface area contributed by atoms with Gasteiger partial charge in [0.1, 0.15) is 12.2 Å². The first-order valence-corrected chi connectivity index (χ1v) is 9.81. The van der Waals surface area contributed by atoms with Crippen LogP contribution in [0.3, 0.4) is 0 Å². The monoisotopic (exact) mass is 383 g/mol. The van der Waals surface area contributed by atoms with Crippen LogP contribution in [0.25, 0.3) is 0 Å². The van der Waals surface area contributed by atoms with Crippen molar-refractivity contribution < 1.29 is 32.5 Å². The largest absolute Gasteiger partial charge is 0.504 e. The molecule has 1 saturated heterocycles.